The van der Waals surface area contributed by atoms with Gasteiger partial charge in [0, 0.05) is 12.2 Å². The summed E-state index contributed by atoms with van der Waals surface area (Å²) in [5.41, 5.74) is 4.02. The van der Waals surface area contributed by atoms with Crippen molar-refractivity contribution in [3.63, 3.8) is 0 Å². The number of urea groups is 1. The van der Waals surface area contributed by atoms with Gasteiger partial charge in [0.15, 0.2) is 0 Å². The molecular weight excluding hydrogens is 340 g/mol. The number of nitrogens with one attached hydrogen (secondary N) is 1. The van der Waals surface area contributed by atoms with E-state index in [2.05, 4.69) is 24.4 Å². The maximum absolute atomic E-state index is 12.8. The number of hydrogen-bond acceptors (Lipinski definition) is 3. The Hall–Kier alpha value is -2.82. The number of rotatable bonds is 5. The highest BCUT2D eigenvalue weighted by molar-refractivity contribution is 5.90. The molecule has 0 radical (unpaired) electrons. The first kappa shape index (κ1) is 19.0. The zero-order valence-corrected chi connectivity index (χ0v) is 15.9. The van der Waals surface area contributed by atoms with Gasteiger partial charge in [-0.3, -0.25) is 4.79 Å². The van der Waals surface area contributed by atoms with Crippen molar-refractivity contribution in [2.75, 3.05) is 18.5 Å². The van der Waals surface area contributed by atoms with Crippen molar-refractivity contribution in [2.45, 2.75) is 39.2 Å². The Morgan fingerprint density at radius 1 is 1.15 bits per heavy atom. The van der Waals surface area contributed by atoms with Crippen molar-refractivity contribution in [1.29, 1.82) is 0 Å². The minimum atomic E-state index is -0.243. The number of carbonyl (C=O) groups is 2. The predicted octanol–water partition coefficient (Wildman–Crippen LogP) is 4.47. The minimum absolute atomic E-state index is 0.0844. The molecule has 1 N–H and O–H groups in total. The lowest BCUT2D eigenvalue weighted by Crippen LogP contribution is -2.34. The number of esters is 1. The molecule has 1 aliphatic rings. The molecule has 2 aromatic rings. The van der Waals surface area contributed by atoms with Gasteiger partial charge in [-0.05, 0) is 55.5 Å². The summed E-state index contributed by atoms with van der Waals surface area (Å²) in [6, 6.07) is 15.6. The van der Waals surface area contributed by atoms with Crippen LogP contribution in [0.5, 0.6) is 0 Å². The van der Waals surface area contributed by atoms with Crippen LogP contribution in [0.1, 0.15) is 42.5 Å². The van der Waals surface area contributed by atoms with E-state index in [-0.39, 0.29) is 24.5 Å². The molecule has 27 heavy (non-hydrogen) atoms. The van der Waals surface area contributed by atoms with E-state index in [1.165, 1.54) is 11.1 Å². The second-order valence-electron chi connectivity index (χ2n) is 6.82. The summed E-state index contributed by atoms with van der Waals surface area (Å²) < 4.78 is 4.96. The van der Waals surface area contributed by atoms with Crippen LogP contribution in [0.25, 0.3) is 0 Å². The number of benzene rings is 2. The Morgan fingerprint density at radius 2 is 1.89 bits per heavy atom. The summed E-state index contributed by atoms with van der Waals surface area (Å²) in [6.45, 7) is 5.02. The number of nitrogens with zero attached hydrogens (tertiary/aromatic N) is 1. The average Bonchev–Trinajstić information content (AvgIpc) is 3.13. The van der Waals surface area contributed by atoms with E-state index in [1.54, 1.807) is 6.92 Å². The van der Waals surface area contributed by atoms with E-state index in [0.29, 0.717) is 6.61 Å². The number of anilines is 1. The second-order valence-corrected chi connectivity index (χ2v) is 6.82. The van der Waals surface area contributed by atoms with Crippen LogP contribution in [0, 0.1) is 6.92 Å². The molecule has 0 aromatic heterocycles. The number of amides is 2. The largest absolute Gasteiger partial charge is 0.466 e. The number of ether oxygens (including phenoxy) is 1. The molecule has 2 amide bonds. The molecule has 1 fully saturated rings. The second kappa shape index (κ2) is 8.71. The molecule has 0 saturated carbocycles. The third-order valence-electron chi connectivity index (χ3n) is 4.92. The van der Waals surface area contributed by atoms with Crippen molar-refractivity contribution in [3.8, 4) is 0 Å². The van der Waals surface area contributed by atoms with Crippen molar-refractivity contribution in [1.82, 2.24) is 4.90 Å². The fourth-order valence-corrected chi connectivity index (χ4v) is 3.57. The number of hydrogen-bond donors (Lipinski definition) is 1. The maximum Gasteiger partial charge on any atom is 0.322 e. The number of likely N-dealkylation sites (tertiary alicyclic amines) is 1. The van der Waals surface area contributed by atoms with Crippen molar-refractivity contribution >= 4 is 17.7 Å². The number of aryl methyl sites for hydroxylation is 1. The van der Waals surface area contributed by atoms with E-state index in [9.17, 15) is 9.59 Å². The van der Waals surface area contributed by atoms with Crippen LogP contribution in [-0.2, 0) is 16.0 Å². The van der Waals surface area contributed by atoms with Gasteiger partial charge in [-0.25, -0.2) is 4.79 Å². The molecule has 3 rings (SSSR count). The van der Waals surface area contributed by atoms with E-state index in [1.807, 2.05) is 41.3 Å². The molecule has 1 saturated heterocycles. The first-order valence-electron chi connectivity index (χ1n) is 9.46. The van der Waals surface area contributed by atoms with E-state index in [4.69, 9.17) is 4.74 Å². The highest BCUT2D eigenvalue weighted by Gasteiger charge is 2.30. The molecule has 2 aromatic carbocycles. The molecular formula is C22H26N2O3. The van der Waals surface area contributed by atoms with Gasteiger partial charge in [0.05, 0.1) is 19.1 Å². The lowest BCUT2D eigenvalue weighted by molar-refractivity contribution is -0.142. The van der Waals surface area contributed by atoms with Crippen LogP contribution < -0.4 is 5.32 Å². The third kappa shape index (κ3) is 4.67. The predicted molar refractivity (Wildman–Crippen MR) is 106 cm³/mol. The molecule has 142 valence electrons. The summed E-state index contributed by atoms with van der Waals surface area (Å²) in [5, 5.41) is 2.98. The van der Waals surface area contributed by atoms with Gasteiger partial charge in [0.1, 0.15) is 0 Å². The zero-order valence-electron chi connectivity index (χ0n) is 15.9. The number of carbonyl (C=O) groups excluding carboxylic acids is 2. The molecule has 1 heterocycles. The Morgan fingerprint density at radius 3 is 2.59 bits per heavy atom. The fraction of sp³-hybridized carbons (Fsp3) is 0.364. The standard InChI is InChI=1S/C22H26N2O3/c1-3-27-21(25)15-17-10-12-18(13-11-17)23-22(26)24-14-6-9-20(24)19-8-5-4-7-16(19)2/h4-5,7-8,10-13,20H,3,6,9,14-15H2,1-2H3,(H,23,26). The van der Waals surface area contributed by atoms with Crippen LogP contribution in [0.2, 0.25) is 0 Å². The van der Waals surface area contributed by atoms with Gasteiger partial charge in [0.25, 0.3) is 0 Å². The lowest BCUT2D eigenvalue weighted by atomic mass is 9.99. The van der Waals surface area contributed by atoms with Crippen LogP contribution in [-0.4, -0.2) is 30.1 Å². The molecule has 1 aliphatic heterocycles. The maximum atomic E-state index is 12.8. The molecule has 5 nitrogen and oxygen atoms in total. The molecule has 0 aliphatic carbocycles. The topological polar surface area (TPSA) is 58.6 Å². The molecule has 1 atom stereocenters. The Labute approximate surface area is 160 Å². The fourth-order valence-electron chi connectivity index (χ4n) is 3.57. The first-order chi connectivity index (χ1) is 13.1. The highest BCUT2D eigenvalue weighted by Crippen LogP contribution is 2.34. The summed E-state index contributed by atoms with van der Waals surface area (Å²) in [7, 11) is 0. The average molecular weight is 366 g/mol. The summed E-state index contributed by atoms with van der Waals surface area (Å²) in [6.07, 6.45) is 2.23. The van der Waals surface area contributed by atoms with Crippen molar-refractivity contribution in [3.05, 3.63) is 65.2 Å². The summed E-state index contributed by atoms with van der Waals surface area (Å²) in [5.74, 6) is -0.243. The molecule has 1 unspecified atom stereocenters. The third-order valence-corrected chi connectivity index (χ3v) is 4.92. The molecule has 0 spiro atoms. The van der Waals surface area contributed by atoms with Gasteiger partial charge in [-0.2, -0.15) is 0 Å². The van der Waals surface area contributed by atoms with Gasteiger partial charge in [0.2, 0.25) is 0 Å². The van der Waals surface area contributed by atoms with Crippen LogP contribution >= 0.6 is 0 Å². The molecule has 0 bridgehead atoms. The zero-order chi connectivity index (χ0) is 19.2. The Kier molecular flexibility index (Phi) is 6.12. The SMILES string of the molecule is CCOC(=O)Cc1ccc(NC(=O)N2CCCC2c2ccccc2C)cc1. The van der Waals surface area contributed by atoms with E-state index < -0.39 is 0 Å². The van der Waals surface area contributed by atoms with Crippen LogP contribution in [0.3, 0.4) is 0 Å². The van der Waals surface area contributed by atoms with E-state index >= 15 is 0 Å². The minimum Gasteiger partial charge on any atom is -0.466 e. The van der Waals surface area contributed by atoms with Crippen LogP contribution in [0.4, 0.5) is 10.5 Å². The van der Waals surface area contributed by atoms with Crippen molar-refractivity contribution in [2.24, 2.45) is 0 Å². The Balaban J connectivity index is 1.64. The Bertz CT molecular complexity index is 801. The quantitative estimate of drug-likeness (QED) is 0.794. The van der Waals surface area contributed by atoms with Crippen LogP contribution in [0.15, 0.2) is 48.5 Å². The van der Waals surface area contributed by atoms with Gasteiger partial charge in [-0.1, -0.05) is 36.4 Å². The molecule has 5 heteroatoms. The first-order valence-corrected chi connectivity index (χ1v) is 9.46. The lowest BCUT2D eigenvalue weighted by Gasteiger charge is -2.26. The normalized spacial score (nSPS) is 16.2. The van der Waals surface area contributed by atoms with Gasteiger partial charge < -0.3 is 15.0 Å². The van der Waals surface area contributed by atoms with E-state index in [0.717, 1.165) is 30.6 Å². The summed E-state index contributed by atoms with van der Waals surface area (Å²) in [4.78, 5) is 26.3. The van der Waals surface area contributed by atoms with Crippen molar-refractivity contribution < 1.29 is 14.3 Å². The summed E-state index contributed by atoms with van der Waals surface area (Å²) >= 11 is 0. The highest BCUT2D eigenvalue weighted by atomic mass is 16.5. The monoisotopic (exact) mass is 366 g/mol. The van der Waals surface area contributed by atoms with Gasteiger partial charge in [-0.15, -0.1) is 0 Å². The smallest absolute Gasteiger partial charge is 0.322 e. The van der Waals surface area contributed by atoms with Gasteiger partial charge >= 0.3 is 12.0 Å².